The number of unbranched alkanes of at least 4 members (excludes halogenated alkanes) is 6. The van der Waals surface area contributed by atoms with Gasteiger partial charge in [0, 0.05) is 17.5 Å². The fourth-order valence-corrected chi connectivity index (χ4v) is 4.95. The van der Waals surface area contributed by atoms with Crippen molar-refractivity contribution in [2.24, 2.45) is 0 Å². The lowest BCUT2D eigenvalue weighted by molar-refractivity contribution is -0.137. The molecule has 0 spiro atoms. The molecule has 34 heavy (non-hydrogen) atoms. The number of carboxylic acid groups (broad SMARTS) is 1. The number of halogens is 2. The van der Waals surface area contributed by atoms with Crippen molar-refractivity contribution in [2.45, 2.75) is 71.1 Å². The smallest absolute Gasteiger partial charge is 0.303 e. The van der Waals surface area contributed by atoms with Crippen molar-refractivity contribution < 1.29 is 23.4 Å². The Balaban J connectivity index is 1.58. The van der Waals surface area contributed by atoms with E-state index in [-0.39, 0.29) is 12.3 Å². The molecule has 0 aliphatic carbocycles. The van der Waals surface area contributed by atoms with Gasteiger partial charge in [0.15, 0.2) is 6.61 Å². The minimum Gasteiger partial charge on any atom is -0.481 e. The summed E-state index contributed by atoms with van der Waals surface area (Å²) in [6, 6.07) is 3.42. The summed E-state index contributed by atoms with van der Waals surface area (Å²) in [6.45, 7) is 1.33. The average Bonchev–Trinajstić information content (AvgIpc) is 3.13. The average molecular weight is 493 g/mol. The van der Waals surface area contributed by atoms with Gasteiger partial charge in [0.1, 0.15) is 22.7 Å². The topological polar surface area (TPSA) is 97.2 Å². The predicted octanol–water partition coefficient (Wildman–Crippen LogP) is 6.53. The van der Waals surface area contributed by atoms with E-state index in [2.05, 4.69) is 27.2 Å². The molecular formula is C24H30F2N4O3S. The van der Waals surface area contributed by atoms with E-state index in [1.165, 1.54) is 17.4 Å². The molecule has 3 aromatic rings. The third-order valence-electron chi connectivity index (χ3n) is 5.49. The lowest BCUT2D eigenvalue weighted by Gasteiger charge is -2.12. The molecule has 3 aromatic heterocycles. The molecule has 0 saturated carbocycles. The van der Waals surface area contributed by atoms with Crippen LogP contribution in [0.15, 0.2) is 24.7 Å². The van der Waals surface area contributed by atoms with Crippen molar-refractivity contribution in [2.75, 3.05) is 11.9 Å². The van der Waals surface area contributed by atoms with Gasteiger partial charge >= 0.3 is 5.97 Å². The Morgan fingerprint density at radius 2 is 1.85 bits per heavy atom. The van der Waals surface area contributed by atoms with Crippen molar-refractivity contribution in [3.05, 3.63) is 35.1 Å². The number of carboxylic acids is 1. The highest BCUT2D eigenvalue weighted by molar-refractivity contribution is 7.18. The van der Waals surface area contributed by atoms with E-state index in [1.54, 1.807) is 23.5 Å². The van der Waals surface area contributed by atoms with E-state index >= 15 is 0 Å². The molecule has 184 valence electrons. The molecule has 0 atom stereocenters. The molecule has 0 fully saturated rings. The summed E-state index contributed by atoms with van der Waals surface area (Å²) in [5.74, 6) is -0.0189. The van der Waals surface area contributed by atoms with Crippen LogP contribution in [-0.4, -0.2) is 39.1 Å². The highest BCUT2D eigenvalue weighted by atomic mass is 32.1. The second kappa shape index (κ2) is 13.1. The Kier molecular flexibility index (Phi) is 9.93. The minimum absolute atomic E-state index is 0.102. The van der Waals surface area contributed by atoms with Crippen LogP contribution in [0.5, 0.6) is 5.88 Å². The van der Waals surface area contributed by atoms with Crippen molar-refractivity contribution in [1.82, 2.24) is 15.0 Å². The fourth-order valence-electron chi connectivity index (χ4n) is 3.77. The summed E-state index contributed by atoms with van der Waals surface area (Å²) >= 11 is 1.65. The van der Waals surface area contributed by atoms with Gasteiger partial charge in [-0.15, -0.1) is 11.3 Å². The van der Waals surface area contributed by atoms with Crippen LogP contribution in [0.2, 0.25) is 0 Å². The quantitative estimate of drug-likeness (QED) is 0.233. The third-order valence-corrected chi connectivity index (χ3v) is 6.75. The predicted molar refractivity (Wildman–Crippen MR) is 129 cm³/mol. The van der Waals surface area contributed by atoms with Crippen LogP contribution in [-0.2, 0) is 11.2 Å². The van der Waals surface area contributed by atoms with E-state index in [0.29, 0.717) is 11.5 Å². The van der Waals surface area contributed by atoms with Gasteiger partial charge in [-0.3, -0.25) is 4.79 Å². The van der Waals surface area contributed by atoms with E-state index < -0.39 is 19.0 Å². The van der Waals surface area contributed by atoms with Gasteiger partial charge in [-0.2, -0.15) is 0 Å². The molecule has 0 radical (unpaired) electrons. The Morgan fingerprint density at radius 3 is 2.59 bits per heavy atom. The maximum absolute atomic E-state index is 12.6. The first-order valence-corrected chi connectivity index (χ1v) is 12.3. The molecule has 3 rings (SSSR count). The number of rotatable bonds is 15. The lowest BCUT2D eigenvalue weighted by Crippen LogP contribution is -2.09. The highest BCUT2D eigenvalue weighted by Crippen LogP contribution is 2.36. The highest BCUT2D eigenvalue weighted by Gasteiger charge is 2.16. The first-order valence-electron chi connectivity index (χ1n) is 11.5. The molecule has 7 nitrogen and oxygen atoms in total. The number of alkyl halides is 2. The Bertz CT molecular complexity index is 1080. The van der Waals surface area contributed by atoms with Gasteiger partial charge in [0.25, 0.3) is 6.43 Å². The Hall–Kier alpha value is -2.88. The monoisotopic (exact) mass is 492 g/mol. The summed E-state index contributed by atoms with van der Waals surface area (Å²) in [4.78, 5) is 25.5. The number of anilines is 2. The zero-order valence-electron chi connectivity index (χ0n) is 19.2. The van der Waals surface area contributed by atoms with Gasteiger partial charge in [-0.1, -0.05) is 32.1 Å². The Labute approximate surface area is 201 Å². The SMILES string of the molecule is Cc1c(CCCCCCCCCC(=O)O)sc2ncnc(Nc3cccnc3OCC(F)F)c12. The van der Waals surface area contributed by atoms with Crippen LogP contribution in [0.4, 0.5) is 20.3 Å². The van der Waals surface area contributed by atoms with Crippen molar-refractivity contribution in [3.8, 4) is 5.88 Å². The number of thiophene rings is 1. The molecule has 3 heterocycles. The zero-order valence-corrected chi connectivity index (χ0v) is 20.0. The van der Waals surface area contributed by atoms with Gasteiger partial charge in [-0.05, 0) is 43.9 Å². The van der Waals surface area contributed by atoms with Gasteiger partial charge < -0.3 is 15.2 Å². The van der Waals surface area contributed by atoms with E-state index in [4.69, 9.17) is 9.84 Å². The number of hydrogen-bond acceptors (Lipinski definition) is 7. The number of nitrogens with one attached hydrogen (secondary N) is 1. The normalized spacial score (nSPS) is 11.3. The first-order chi connectivity index (χ1) is 16.5. The number of fused-ring (bicyclic) bond motifs is 1. The zero-order chi connectivity index (χ0) is 24.3. The van der Waals surface area contributed by atoms with Crippen LogP contribution in [0.3, 0.4) is 0 Å². The van der Waals surface area contributed by atoms with Crippen molar-refractivity contribution in [1.29, 1.82) is 0 Å². The number of aliphatic carboxylic acids is 1. The number of carbonyl (C=O) groups is 1. The molecule has 0 bridgehead atoms. The van der Waals surface area contributed by atoms with Crippen LogP contribution < -0.4 is 10.1 Å². The number of aryl methyl sites for hydroxylation is 2. The van der Waals surface area contributed by atoms with E-state index in [0.717, 1.165) is 67.1 Å². The van der Waals surface area contributed by atoms with Crippen LogP contribution in [0, 0.1) is 6.92 Å². The van der Waals surface area contributed by atoms with E-state index in [1.807, 2.05) is 0 Å². The molecule has 0 saturated heterocycles. The van der Waals surface area contributed by atoms with E-state index in [9.17, 15) is 13.6 Å². The van der Waals surface area contributed by atoms with Gasteiger partial charge in [0.05, 0.1) is 5.39 Å². The maximum Gasteiger partial charge on any atom is 0.303 e. The number of pyridine rings is 1. The van der Waals surface area contributed by atoms with Gasteiger partial charge in [0.2, 0.25) is 5.88 Å². The molecule has 2 N–H and O–H groups in total. The molecule has 0 amide bonds. The van der Waals surface area contributed by atoms with Crippen molar-refractivity contribution >= 4 is 39.0 Å². The number of nitrogens with zero attached hydrogens (tertiary/aromatic N) is 3. The molecule has 0 aliphatic rings. The summed E-state index contributed by atoms with van der Waals surface area (Å²) in [5, 5.41) is 12.8. The first kappa shape index (κ1) is 25.7. The summed E-state index contributed by atoms with van der Waals surface area (Å²) < 4.78 is 30.3. The largest absolute Gasteiger partial charge is 0.481 e. The Morgan fingerprint density at radius 1 is 1.12 bits per heavy atom. The summed E-state index contributed by atoms with van der Waals surface area (Å²) in [5.41, 5.74) is 1.59. The van der Waals surface area contributed by atoms with Crippen LogP contribution in [0.1, 0.15) is 61.8 Å². The second-order valence-electron chi connectivity index (χ2n) is 8.10. The molecule has 0 aromatic carbocycles. The minimum atomic E-state index is -2.58. The van der Waals surface area contributed by atoms with Gasteiger partial charge in [-0.25, -0.2) is 23.7 Å². The van der Waals surface area contributed by atoms with Crippen LogP contribution in [0.25, 0.3) is 10.2 Å². The number of aromatic nitrogens is 3. The number of ether oxygens (including phenoxy) is 1. The number of hydrogen-bond donors (Lipinski definition) is 2. The third kappa shape index (κ3) is 7.58. The summed E-state index contributed by atoms with van der Waals surface area (Å²) in [6.07, 6.45) is 8.91. The summed E-state index contributed by atoms with van der Waals surface area (Å²) in [7, 11) is 0. The van der Waals surface area contributed by atoms with Crippen molar-refractivity contribution in [3.63, 3.8) is 0 Å². The lowest BCUT2D eigenvalue weighted by atomic mass is 10.1. The fraction of sp³-hybridized carbons (Fsp3) is 0.500. The second-order valence-corrected chi connectivity index (χ2v) is 9.19. The molecule has 0 unspecified atom stereocenters. The maximum atomic E-state index is 12.6. The molecule has 10 heteroatoms. The molecular weight excluding hydrogens is 462 g/mol. The standard InChI is InChI=1S/C24H30F2N4O3S/c1-16-18(11-7-5-3-2-4-6-8-12-20(31)32)34-24-21(16)22(28-15-29-24)30-17-10-9-13-27-23(17)33-14-19(25)26/h9-10,13,15,19H,2-8,11-12,14H2,1H3,(H,31,32)(H,28,29,30). The molecule has 0 aliphatic heterocycles. The van der Waals surface area contributed by atoms with Crippen LogP contribution >= 0.6 is 11.3 Å².